The van der Waals surface area contributed by atoms with E-state index in [2.05, 4.69) is 15.9 Å². The van der Waals surface area contributed by atoms with Crippen LogP contribution in [0.15, 0.2) is 39.9 Å². The molecule has 0 saturated carbocycles. The average molecular weight is 380 g/mol. The van der Waals surface area contributed by atoms with Gasteiger partial charge in [-0.05, 0) is 37.8 Å². The van der Waals surface area contributed by atoms with Crippen molar-refractivity contribution < 1.29 is 9.13 Å². The van der Waals surface area contributed by atoms with Crippen molar-refractivity contribution in [3.63, 3.8) is 0 Å². The molecule has 5 heteroatoms. The molecule has 1 fully saturated rings. The summed E-state index contributed by atoms with van der Waals surface area (Å²) in [5.41, 5.74) is 1.29. The highest BCUT2D eigenvalue weighted by molar-refractivity contribution is 9.10. The Bertz CT molecular complexity index is 766. The maximum atomic E-state index is 14.2. The third-order valence-electron chi connectivity index (χ3n) is 4.29. The summed E-state index contributed by atoms with van der Waals surface area (Å²) >= 11 is 3.25. The number of rotatable bonds is 3. The molecule has 0 N–H and O–H groups in total. The monoisotopic (exact) mass is 379 g/mol. The molecule has 3 nitrogen and oxygen atoms in total. The van der Waals surface area contributed by atoms with Crippen LogP contribution in [0.4, 0.5) is 4.39 Å². The van der Waals surface area contributed by atoms with Crippen LogP contribution in [-0.2, 0) is 11.3 Å². The molecule has 0 radical (unpaired) electrons. The van der Waals surface area contributed by atoms with Crippen molar-refractivity contribution in [1.29, 1.82) is 0 Å². The van der Waals surface area contributed by atoms with E-state index >= 15 is 0 Å². The topological polar surface area (TPSA) is 31.2 Å². The molecule has 23 heavy (non-hydrogen) atoms. The summed E-state index contributed by atoms with van der Waals surface area (Å²) in [4.78, 5) is 12.4. The van der Waals surface area contributed by atoms with Gasteiger partial charge in [0.15, 0.2) is 5.43 Å². The molecule has 122 valence electrons. The molecule has 1 aliphatic rings. The maximum Gasteiger partial charge on any atom is 0.192 e. The average Bonchev–Trinajstić information content (AvgIpc) is 2.52. The third kappa shape index (κ3) is 3.72. The van der Waals surface area contributed by atoms with Crippen molar-refractivity contribution in [2.24, 2.45) is 5.92 Å². The second-order valence-corrected chi connectivity index (χ2v) is 6.98. The van der Waals surface area contributed by atoms with Gasteiger partial charge in [-0.3, -0.25) is 4.79 Å². The Labute approximate surface area is 143 Å². The smallest absolute Gasteiger partial charge is 0.192 e. The Morgan fingerprint density at radius 2 is 2.00 bits per heavy atom. The summed E-state index contributed by atoms with van der Waals surface area (Å²) in [6, 6.07) is 4.79. The number of aryl methyl sites for hydroxylation is 1. The Morgan fingerprint density at radius 3 is 2.70 bits per heavy atom. The summed E-state index contributed by atoms with van der Waals surface area (Å²) in [7, 11) is 0. The van der Waals surface area contributed by atoms with Gasteiger partial charge in [0, 0.05) is 53.3 Å². The first-order chi connectivity index (χ1) is 11.0. The fourth-order valence-corrected chi connectivity index (χ4v) is 3.35. The fourth-order valence-electron chi connectivity index (χ4n) is 3.01. The van der Waals surface area contributed by atoms with E-state index in [1.54, 1.807) is 25.3 Å². The van der Waals surface area contributed by atoms with Crippen LogP contribution in [0.2, 0.25) is 0 Å². The lowest BCUT2D eigenvalue weighted by Crippen LogP contribution is -2.22. The van der Waals surface area contributed by atoms with Crippen molar-refractivity contribution in [1.82, 2.24) is 4.57 Å². The normalized spacial score (nSPS) is 15.8. The van der Waals surface area contributed by atoms with Crippen LogP contribution in [0, 0.1) is 18.7 Å². The van der Waals surface area contributed by atoms with Crippen LogP contribution in [-0.4, -0.2) is 17.8 Å². The lowest BCUT2D eigenvalue weighted by Gasteiger charge is -2.23. The van der Waals surface area contributed by atoms with Gasteiger partial charge in [0.05, 0.1) is 0 Å². The van der Waals surface area contributed by atoms with Crippen molar-refractivity contribution >= 4 is 15.9 Å². The van der Waals surface area contributed by atoms with Gasteiger partial charge in [-0.2, -0.15) is 0 Å². The number of halogens is 2. The van der Waals surface area contributed by atoms with Crippen molar-refractivity contribution in [2.45, 2.75) is 26.3 Å². The van der Waals surface area contributed by atoms with Gasteiger partial charge in [0.25, 0.3) is 0 Å². The van der Waals surface area contributed by atoms with E-state index in [4.69, 9.17) is 4.74 Å². The van der Waals surface area contributed by atoms with Crippen LogP contribution in [0.1, 0.15) is 18.4 Å². The zero-order valence-electron chi connectivity index (χ0n) is 13.0. The zero-order valence-corrected chi connectivity index (χ0v) is 14.6. The second kappa shape index (κ2) is 6.97. The van der Waals surface area contributed by atoms with E-state index in [0.29, 0.717) is 27.1 Å². The molecule has 2 aromatic rings. The molecular formula is C18H19BrFNO2. The van der Waals surface area contributed by atoms with Gasteiger partial charge in [-0.25, -0.2) is 4.39 Å². The van der Waals surface area contributed by atoms with Crippen LogP contribution < -0.4 is 5.43 Å². The lowest BCUT2D eigenvalue weighted by atomic mass is 9.99. The number of hydrogen-bond acceptors (Lipinski definition) is 2. The summed E-state index contributed by atoms with van der Waals surface area (Å²) in [6.07, 6.45) is 5.68. The molecule has 0 aliphatic carbocycles. The van der Waals surface area contributed by atoms with Gasteiger partial charge in [-0.15, -0.1) is 0 Å². The summed E-state index contributed by atoms with van der Waals surface area (Å²) < 4.78 is 22.3. The highest BCUT2D eigenvalue weighted by atomic mass is 79.9. The van der Waals surface area contributed by atoms with Gasteiger partial charge in [-0.1, -0.05) is 22.0 Å². The number of pyridine rings is 1. The van der Waals surface area contributed by atoms with Crippen LogP contribution in [0.5, 0.6) is 0 Å². The number of nitrogens with zero attached hydrogens (tertiary/aromatic N) is 1. The van der Waals surface area contributed by atoms with Crippen LogP contribution >= 0.6 is 15.9 Å². The van der Waals surface area contributed by atoms with Gasteiger partial charge < -0.3 is 9.30 Å². The number of hydrogen-bond donors (Lipinski definition) is 0. The quantitative estimate of drug-likeness (QED) is 0.801. The maximum absolute atomic E-state index is 14.2. The van der Waals surface area contributed by atoms with Crippen LogP contribution in [0.25, 0.3) is 11.1 Å². The van der Waals surface area contributed by atoms with Gasteiger partial charge in [0.2, 0.25) is 0 Å². The number of ether oxygens (including phenoxy) is 1. The molecule has 0 amide bonds. The molecule has 1 aliphatic heterocycles. The molecular weight excluding hydrogens is 361 g/mol. The molecule has 0 atom stereocenters. The summed E-state index contributed by atoms with van der Waals surface area (Å²) in [5, 5.41) is 0. The van der Waals surface area contributed by atoms with E-state index < -0.39 is 0 Å². The van der Waals surface area contributed by atoms with Gasteiger partial charge in [0.1, 0.15) is 5.82 Å². The highest BCUT2D eigenvalue weighted by Crippen LogP contribution is 2.24. The molecule has 3 rings (SSSR count). The first kappa shape index (κ1) is 16.4. The molecule has 1 aromatic carbocycles. The highest BCUT2D eigenvalue weighted by Gasteiger charge is 2.16. The predicted octanol–water partition coefficient (Wildman–Crippen LogP) is 4.15. The van der Waals surface area contributed by atoms with Crippen molar-refractivity contribution in [2.75, 3.05) is 13.2 Å². The Morgan fingerprint density at radius 1 is 1.26 bits per heavy atom. The Kier molecular flexibility index (Phi) is 4.97. The van der Waals surface area contributed by atoms with Gasteiger partial charge >= 0.3 is 0 Å². The van der Waals surface area contributed by atoms with E-state index in [1.807, 2.05) is 10.8 Å². The molecule has 0 unspecified atom stereocenters. The zero-order chi connectivity index (χ0) is 16.4. The van der Waals surface area contributed by atoms with Crippen molar-refractivity contribution in [3.05, 3.63) is 56.7 Å². The SMILES string of the molecule is Cc1cn(CC2CCOCC2)cc(-c2ccc(Br)cc2F)c1=O. The lowest BCUT2D eigenvalue weighted by molar-refractivity contribution is 0.0612. The minimum atomic E-state index is -0.389. The minimum Gasteiger partial charge on any atom is -0.381 e. The minimum absolute atomic E-state index is 0.116. The standard InChI is InChI=1S/C18H19BrFNO2/c1-12-9-21(10-13-4-6-23-7-5-13)11-16(18(12)22)15-3-2-14(19)8-17(15)20/h2-3,8-9,11,13H,4-7,10H2,1H3. The first-order valence-electron chi connectivity index (χ1n) is 7.78. The largest absolute Gasteiger partial charge is 0.381 e. The Hall–Kier alpha value is -1.46. The van der Waals surface area contributed by atoms with Crippen molar-refractivity contribution in [3.8, 4) is 11.1 Å². The van der Waals surface area contributed by atoms with E-state index in [1.165, 1.54) is 6.07 Å². The van der Waals surface area contributed by atoms with E-state index in [-0.39, 0.29) is 11.2 Å². The molecule has 2 heterocycles. The van der Waals surface area contributed by atoms with Crippen LogP contribution in [0.3, 0.4) is 0 Å². The molecule has 1 aromatic heterocycles. The Balaban J connectivity index is 1.98. The first-order valence-corrected chi connectivity index (χ1v) is 8.58. The van der Waals surface area contributed by atoms with E-state index in [0.717, 1.165) is 32.6 Å². The summed E-state index contributed by atoms with van der Waals surface area (Å²) in [5.74, 6) is 0.146. The number of aromatic nitrogens is 1. The molecule has 1 saturated heterocycles. The van der Waals surface area contributed by atoms with E-state index in [9.17, 15) is 9.18 Å². The summed E-state index contributed by atoms with van der Waals surface area (Å²) in [6.45, 7) is 4.19. The fraction of sp³-hybridized carbons (Fsp3) is 0.389. The number of benzene rings is 1. The predicted molar refractivity (Wildman–Crippen MR) is 92.1 cm³/mol. The second-order valence-electron chi connectivity index (χ2n) is 6.06. The molecule has 0 bridgehead atoms. The molecule has 0 spiro atoms. The third-order valence-corrected chi connectivity index (χ3v) is 4.78.